The molecule has 94 valence electrons. The van der Waals surface area contributed by atoms with Gasteiger partial charge in [-0.3, -0.25) is 0 Å². The molecule has 1 fully saturated rings. The molecule has 1 aliphatic carbocycles. The maximum Gasteiger partial charge on any atom is 0.0323 e. The highest BCUT2D eigenvalue weighted by atomic mass is 14.7. The van der Waals surface area contributed by atoms with Gasteiger partial charge in [-0.25, -0.2) is 0 Å². The van der Waals surface area contributed by atoms with E-state index in [1.807, 2.05) is 0 Å². The van der Waals surface area contributed by atoms with E-state index >= 15 is 0 Å². The van der Waals surface area contributed by atoms with Crippen molar-refractivity contribution < 1.29 is 0 Å². The van der Waals surface area contributed by atoms with Gasteiger partial charge in [-0.05, 0) is 48.3 Å². The van der Waals surface area contributed by atoms with Gasteiger partial charge in [-0.2, -0.15) is 0 Å². The van der Waals surface area contributed by atoms with E-state index in [0.717, 1.165) is 12.8 Å². The van der Waals surface area contributed by atoms with Crippen molar-refractivity contribution >= 4 is 0 Å². The molecule has 0 amide bonds. The van der Waals surface area contributed by atoms with Gasteiger partial charge in [0.25, 0.3) is 0 Å². The lowest BCUT2D eigenvalue weighted by atomic mass is 9.89. The van der Waals surface area contributed by atoms with Crippen LogP contribution in [-0.2, 0) is 12.8 Å². The van der Waals surface area contributed by atoms with E-state index in [0.29, 0.717) is 5.92 Å². The Hall–Kier alpha value is -0.820. The van der Waals surface area contributed by atoms with Gasteiger partial charge in [0, 0.05) is 6.04 Å². The first-order valence-corrected chi connectivity index (χ1v) is 7.13. The minimum Gasteiger partial charge on any atom is -0.324 e. The molecule has 1 nitrogen and oxygen atoms in total. The largest absolute Gasteiger partial charge is 0.324 e. The van der Waals surface area contributed by atoms with Crippen molar-refractivity contribution in [2.24, 2.45) is 11.7 Å². The Bertz CT molecular complexity index is 364. The predicted octanol–water partition coefficient (Wildman–Crippen LogP) is 4.00. The topological polar surface area (TPSA) is 26.0 Å². The molecule has 0 saturated heterocycles. The summed E-state index contributed by atoms with van der Waals surface area (Å²) in [5.41, 5.74) is 10.7. The highest BCUT2D eigenvalue weighted by Gasteiger charge is 2.23. The van der Waals surface area contributed by atoms with Crippen molar-refractivity contribution in [3.63, 3.8) is 0 Å². The van der Waals surface area contributed by atoms with Crippen LogP contribution in [0.25, 0.3) is 0 Å². The van der Waals surface area contributed by atoms with Crippen LogP contribution in [0.5, 0.6) is 0 Å². The van der Waals surface area contributed by atoms with Crippen molar-refractivity contribution in [1.82, 2.24) is 0 Å². The third kappa shape index (κ3) is 2.71. The van der Waals surface area contributed by atoms with Gasteiger partial charge in [0.1, 0.15) is 0 Å². The van der Waals surface area contributed by atoms with E-state index in [4.69, 9.17) is 5.73 Å². The second-order valence-corrected chi connectivity index (χ2v) is 5.31. The van der Waals surface area contributed by atoms with E-state index < -0.39 is 0 Å². The van der Waals surface area contributed by atoms with Crippen molar-refractivity contribution in [2.75, 3.05) is 0 Å². The number of hydrogen-bond donors (Lipinski definition) is 1. The van der Waals surface area contributed by atoms with Crippen LogP contribution in [0.15, 0.2) is 18.2 Å². The van der Waals surface area contributed by atoms with Crippen molar-refractivity contribution in [1.29, 1.82) is 0 Å². The standard InChI is InChI=1S/C16H25N/c1-3-12-9-10-15(11-13(12)4-2)16(17)14-7-5-6-8-14/h9-11,14,16H,3-8,17H2,1-2H3. The zero-order chi connectivity index (χ0) is 12.3. The average molecular weight is 231 g/mol. The van der Waals surface area contributed by atoms with E-state index in [2.05, 4.69) is 32.0 Å². The second-order valence-electron chi connectivity index (χ2n) is 5.31. The quantitative estimate of drug-likeness (QED) is 0.832. The summed E-state index contributed by atoms with van der Waals surface area (Å²) >= 11 is 0. The molecule has 0 radical (unpaired) electrons. The summed E-state index contributed by atoms with van der Waals surface area (Å²) in [6.45, 7) is 4.46. The molecule has 1 atom stereocenters. The summed E-state index contributed by atoms with van der Waals surface area (Å²) in [4.78, 5) is 0. The van der Waals surface area contributed by atoms with E-state index in [-0.39, 0.29) is 6.04 Å². The molecule has 1 aromatic carbocycles. The summed E-state index contributed by atoms with van der Waals surface area (Å²) in [7, 11) is 0. The number of benzene rings is 1. The first-order chi connectivity index (χ1) is 8.26. The van der Waals surface area contributed by atoms with Crippen LogP contribution in [0.4, 0.5) is 0 Å². The molecule has 2 N–H and O–H groups in total. The molecule has 0 aliphatic heterocycles. The van der Waals surface area contributed by atoms with Gasteiger partial charge in [0.15, 0.2) is 0 Å². The van der Waals surface area contributed by atoms with Crippen LogP contribution in [0.2, 0.25) is 0 Å². The molecule has 2 rings (SSSR count). The molecule has 1 heteroatoms. The van der Waals surface area contributed by atoms with Crippen LogP contribution >= 0.6 is 0 Å². The van der Waals surface area contributed by atoms with Gasteiger partial charge in [-0.15, -0.1) is 0 Å². The lowest BCUT2D eigenvalue weighted by Gasteiger charge is -2.20. The minimum atomic E-state index is 0.258. The fraction of sp³-hybridized carbons (Fsp3) is 0.625. The molecule has 0 aromatic heterocycles. The van der Waals surface area contributed by atoms with Gasteiger partial charge in [0.2, 0.25) is 0 Å². The van der Waals surface area contributed by atoms with Crippen molar-refractivity contribution in [2.45, 2.75) is 58.4 Å². The van der Waals surface area contributed by atoms with Gasteiger partial charge < -0.3 is 5.73 Å². The summed E-state index contributed by atoms with van der Waals surface area (Å²) in [5.74, 6) is 0.715. The Kier molecular flexibility index (Phi) is 4.22. The first kappa shape index (κ1) is 12.6. The molecule has 0 spiro atoms. The molecule has 17 heavy (non-hydrogen) atoms. The molecular formula is C16H25N. The molecule has 1 unspecified atom stereocenters. The SMILES string of the molecule is CCc1ccc(C(N)C2CCCC2)cc1CC. The Balaban J connectivity index is 2.20. The van der Waals surface area contributed by atoms with E-state index in [9.17, 15) is 0 Å². The monoisotopic (exact) mass is 231 g/mol. The molecule has 1 aliphatic rings. The smallest absolute Gasteiger partial charge is 0.0323 e. The van der Waals surface area contributed by atoms with E-state index in [1.54, 1.807) is 0 Å². The molecular weight excluding hydrogens is 206 g/mol. The highest BCUT2D eigenvalue weighted by Crippen LogP contribution is 2.34. The lowest BCUT2D eigenvalue weighted by molar-refractivity contribution is 0.444. The van der Waals surface area contributed by atoms with Gasteiger partial charge >= 0.3 is 0 Å². The predicted molar refractivity (Wildman–Crippen MR) is 74.1 cm³/mol. The average Bonchev–Trinajstić information content (AvgIpc) is 2.90. The molecule has 1 aromatic rings. The van der Waals surface area contributed by atoms with Crippen molar-refractivity contribution in [3.8, 4) is 0 Å². The van der Waals surface area contributed by atoms with Crippen LogP contribution in [0, 0.1) is 5.92 Å². The second kappa shape index (κ2) is 5.68. The third-order valence-electron chi connectivity index (χ3n) is 4.28. The lowest BCUT2D eigenvalue weighted by Crippen LogP contribution is -2.19. The van der Waals surface area contributed by atoms with E-state index in [1.165, 1.54) is 42.4 Å². The Morgan fingerprint density at radius 2 is 1.76 bits per heavy atom. The van der Waals surface area contributed by atoms with Crippen LogP contribution in [-0.4, -0.2) is 0 Å². The normalized spacial score (nSPS) is 18.5. The Labute approximate surface area is 105 Å². The zero-order valence-electron chi connectivity index (χ0n) is 11.2. The summed E-state index contributed by atoms with van der Waals surface area (Å²) < 4.78 is 0. The molecule has 1 saturated carbocycles. The van der Waals surface area contributed by atoms with Crippen LogP contribution < -0.4 is 5.73 Å². The Morgan fingerprint density at radius 3 is 2.35 bits per heavy atom. The summed E-state index contributed by atoms with van der Waals surface area (Å²) in [5, 5.41) is 0. The Morgan fingerprint density at radius 1 is 1.12 bits per heavy atom. The fourth-order valence-corrected chi connectivity index (χ4v) is 3.12. The number of nitrogens with two attached hydrogens (primary N) is 1. The molecule has 0 heterocycles. The van der Waals surface area contributed by atoms with Gasteiger partial charge in [-0.1, -0.05) is 44.9 Å². The number of aryl methyl sites for hydroxylation is 2. The molecule has 0 bridgehead atoms. The van der Waals surface area contributed by atoms with Crippen LogP contribution in [0.3, 0.4) is 0 Å². The number of rotatable bonds is 4. The maximum absolute atomic E-state index is 6.42. The highest BCUT2D eigenvalue weighted by molar-refractivity contribution is 5.34. The summed E-state index contributed by atoms with van der Waals surface area (Å²) in [6, 6.07) is 7.14. The first-order valence-electron chi connectivity index (χ1n) is 7.13. The maximum atomic E-state index is 6.42. The van der Waals surface area contributed by atoms with Crippen molar-refractivity contribution in [3.05, 3.63) is 34.9 Å². The fourth-order valence-electron chi connectivity index (χ4n) is 3.12. The van der Waals surface area contributed by atoms with Gasteiger partial charge in [0.05, 0.1) is 0 Å². The third-order valence-corrected chi connectivity index (χ3v) is 4.28. The minimum absolute atomic E-state index is 0.258. The zero-order valence-corrected chi connectivity index (χ0v) is 11.2. The summed E-state index contributed by atoms with van der Waals surface area (Å²) in [6.07, 6.45) is 7.62. The van der Waals surface area contributed by atoms with Crippen LogP contribution in [0.1, 0.15) is 62.3 Å². The number of hydrogen-bond acceptors (Lipinski definition) is 1.